The molecular formula is C24H23NOZr+2. The van der Waals surface area contributed by atoms with E-state index in [1.54, 1.807) is 7.11 Å². The van der Waals surface area contributed by atoms with Crippen LogP contribution in [0, 0.1) is 70.8 Å². The van der Waals surface area contributed by atoms with Crippen LogP contribution in [-0.2, 0) is 26.2 Å². The minimum absolute atomic E-state index is 0. The van der Waals surface area contributed by atoms with E-state index in [1.807, 2.05) is 125 Å². The minimum atomic E-state index is 0. The predicted molar refractivity (Wildman–Crippen MR) is 109 cm³/mol. The maximum Gasteiger partial charge on any atom is 4.00 e. The van der Waals surface area contributed by atoms with Crippen LogP contribution in [0.4, 0.5) is 5.69 Å². The van der Waals surface area contributed by atoms with E-state index in [2.05, 4.69) is 5.32 Å². The van der Waals surface area contributed by atoms with Gasteiger partial charge in [0.05, 0.1) is 7.11 Å². The van der Waals surface area contributed by atoms with Crippen molar-refractivity contribution in [1.82, 2.24) is 0 Å². The van der Waals surface area contributed by atoms with Crippen molar-refractivity contribution in [1.29, 1.82) is 0 Å². The summed E-state index contributed by atoms with van der Waals surface area (Å²) in [6.07, 6.45) is 20.0. The molecule has 3 heteroatoms. The molecule has 2 aliphatic rings. The molecule has 0 heterocycles. The first-order valence-electron chi connectivity index (χ1n) is 8.45. The number of benzene rings is 2. The van der Waals surface area contributed by atoms with Gasteiger partial charge in [0.1, 0.15) is 5.75 Å². The zero-order valence-electron chi connectivity index (χ0n) is 15.4. The standard InChI is InChI=1S/C14H13NO.2C5H5.Zr/c1-16-14-10-6-5-9-13(14)15-11-12-7-3-2-4-8-12;2*1-2-4-5-3-1;/h2-11H,1H3;2*1-5H;/q-2;;;+4. The smallest absolute Gasteiger partial charge is 0.719 e. The summed E-state index contributed by atoms with van der Waals surface area (Å²) in [6.45, 7) is 1.83. The molecular weight excluding hydrogens is 409 g/mol. The summed E-state index contributed by atoms with van der Waals surface area (Å²) in [7, 11) is 1.65. The summed E-state index contributed by atoms with van der Waals surface area (Å²) in [4.78, 5) is 0. The quantitative estimate of drug-likeness (QED) is 0.548. The molecule has 2 aliphatic carbocycles. The fraction of sp³-hybridized carbons (Fsp3) is 0.0417. The molecule has 0 bridgehead atoms. The van der Waals surface area contributed by atoms with Gasteiger partial charge in [-0.05, 0) is 70.3 Å². The van der Waals surface area contributed by atoms with Gasteiger partial charge in [0, 0.05) is 0 Å². The van der Waals surface area contributed by atoms with E-state index in [0.717, 1.165) is 17.0 Å². The Kier molecular flexibility index (Phi) is 14.0. The molecule has 0 spiro atoms. The number of rotatable bonds is 4. The maximum absolute atomic E-state index is 5.22. The van der Waals surface area contributed by atoms with E-state index in [0.29, 0.717) is 0 Å². The Morgan fingerprint density at radius 3 is 1.56 bits per heavy atom. The van der Waals surface area contributed by atoms with Crippen molar-refractivity contribution in [2.75, 3.05) is 7.11 Å². The van der Waals surface area contributed by atoms with Gasteiger partial charge in [-0.15, -0.1) is 17.8 Å². The largest absolute Gasteiger partial charge is 4.00 e. The number of methoxy groups -OCH3 is 1. The molecule has 2 nitrogen and oxygen atoms in total. The Morgan fingerprint density at radius 2 is 1.07 bits per heavy atom. The van der Waals surface area contributed by atoms with Crippen LogP contribution in [0.2, 0.25) is 0 Å². The fourth-order valence-electron chi connectivity index (χ4n) is 2.06. The molecule has 0 aromatic heterocycles. The summed E-state index contributed by atoms with van der Waals surface area (Å²) in [5.74, 6) is 0.787. The molecule has 0 N–H and O–H groups in total. The number of hydrogen-bond donors (Lipinski definition) is 0. The van der Waals surface area contributed by atoms with Crippen LogP contribution in [0.3, 0.4) is 0 Å². The van der Waals surface area contributed by atoms with E-state index >= 15 is 0 Å². The maximum atomic E-state index is 5.22. The van der Waals surface area contributed by atoms with Crippen LogP contribution in [0.25, 0.3) is 5.32 Å². The first kappa shape index (κ1) is 23.8. The fourth-order valence-corrected chi connectivity index (χ4v) is 2.06. The molecule has 2 fully saturated rings. The number of hydrogen-bond acceptors (Lipinski definition) is 1. The molecule has 2 aromatic carbocycles. The van der Waals surface area contributed by atoms with Crippen molar-refractivity contribution in [2.24, 2.45) is 0 Å². The second-order valence-electron chi connectivity index (χ2n) is 5.27. The third kappa shape index (κ3) is 10.6. The molecule has 132 valence electrons. The van der Waals surface area contributed by atoms with E-state index in [9.17, 15) is 0 Å². The molecule has 0 unspecified atom stereocenters. The van der Waals surface area contributed by atoms with Gasteiger partial charge in [-0.25, -0.2) is 5.56 Å². The van der Waals surface area contributed by atoms with Crippen LogP contribution >= 0.6 is 0 Å². The topological polar surface area (TPSA) is 23.3 Å². The van der Waals surface area contributed by atoms with Gasteiger partial charge in [0.2, 0.25) is 0 Å². The average Bonchev–Trinajstić information content (AvgIpc) is 3.46. The number of nitrogens with zero attached hydrogens (tertiary/aromatic N) is 1. The summed E-state index contributed by atoms with van der Waals surface area (Å²) in [6, 6.07) is 17.7. The van der Waals surface area contributed by atoms with Gasteiger partial charge in [-0.2, -0.15) is 12.1 Å². The normalized spacial score (nSPS) is 14.6. The second-order valence-corrected chi connectivity index (χ2v) is 5.27. The van der Waals surface area contributed by atoms with Crippen molar-refractivity contribution in [3.63, 3.8) is 0 Å². The molecule has 0 saturated heterocycles. The monoisotopic (exact) mass is 431 g/mol. The molecule has 0 atom stereocenters. The summed E-state index contributed by atoms with van der Waals surface area (Å²) >= 11 is 0. The van der Waals surface area contributed by atoms with Crippen LogP contribution in [0.1, 0.15) is 5.56 Å². The Labute approximate surface area is 185 Å². The van der Waals surface area contributed by atoms with Gasteiger partial charge < -0.3 is 10.1 Å². The van der Waals surface area contributed by atoms with Gasteiger partial charge in [0.15, 0.2) is 0 Å². The van der Waals surface area contributed by atoms with Crippen molar-refractivity contribution < 1.29 is 30.9 Å². The summed E-state index contributed by atoms with van der Waals surface area (Å²) in [5, 5.41) is 4.40. The Bertz CT molecular complexity index is 555. The number of ether oxygens (including phenoxy) is 1. The van der Waals surface area contributed by atoms with E-state index in [4.69, 9.17) is 4.74 Å². The van der Waals surface area contributed by atoms with E-state index < -0.39 is 0 Å². The second kappa shape index (κ2) is 15.8. The predicted octanol–water partition coefficient (Wildman–Crippen LogP) is 5.95. The molecule has 10 radical (unpaired) electrons. The van der Waals surface area contributed by atoms with Crippen LogP contribution in [0.15, 0.2) is 54.6 Å². The molecule has 0 amide bonds. The van der Waals surface area contributed by atoms with Crippen LogP contribution < -0.4 is 4.74 Å². The third-order valence-electron chi connectivity index (χ3n) is 3.35. The zero-order chi connectivity index (χ0) is 18.3. The minimum Gasteiger partial charge on any atom is -0.719 e. The molecule has 27 heavy (non-hydrogen) atoms. The van der Waals surface area contributed by atoms with E-state index in [1.165, 1.54) is 0 Å². The zero-order valence-corrected chi connectivity index (χ0v) is 17.9. The molecule has 2 aromatic rings. The van der Waals surface area contributed by atoms with Crippen molar-refractivity contribution in [3.05, 3.63) is 136 Å². The Balaban J connectivity index is 0.000000270. The Hall–Kier alpha value is -1.21. The SMILES string of the molecule is COc1ccccc1[N-][CH-]c1ccccc1.[CH]1[CH][CH][CH][CH]1.[CH]1[CH][CH][CH][CH]1.[Zr+4]. The molecule has 2 saturated carbocycles. The van der Waals surface area contributed by atoms with Gasteiger partial charge in [0.25, 0.3) is 0 Å². The number of para-hydroxylation sites is 2. The molecule has 4 rings (SSSR count). The summed E-state index contributed by atoms with van der Waals surface area (Å²) in [5.41, 5.74) is 1.92. The van der Waals surface area contributed by atoms with Gasteiger partial charge in [-0.3, -0.25) is 6.54 Å². The van der Waals surface area contributed by atoms with Gasteiger partial charge in [-0.1, -0.05) is 24.3 Å². The van der Waals surface area contributed by atoms with Gasteiger partial charge >= 0.3 is 26.2 Å². The van der Waals surface area contributed by atoms with Crippen LogP contribution in [-0.4, -0.2) is 7.11 Å². The summed E-state index contributed by atoms with van der Waals surface area (Å²) < 4.78 is 5.22. The molecule has 0 aliphatic heterocycles. The van der Waals surface area contributed by atoms with Crippen LogP contribution in [0.5, 0.6) is 5.75 Å². The van der Waals surface area contributed by atoms with Crippen molar-refractivity contribution in [3.8, 4) is 5.75 Å². The third-order valence-corrected chi connectivity index (χ3v) is 3.35. The first-order valence-corrected chi connectivity index (χ1v) is 8.45. The first-order chi connectivity index (χ1) is 12.9. The van der Waals surface area contributed by atoms with E-state index in [-0.39, 0.29) is 26.2 Å². The Morgan fingerprint density at radius 1 is 0.630 bits per heavy atom. The average molecular weight is 433 g/mol. The van der Waals surface area contributed by atoms with Crippen molar-refractivity contribution in [2.45, 2.75) is 0 Å². The van der Waals surface area contributed by atoms with Crippen molar-refractivity contribution >= 4 is 5.69 Å².